The number of sulfonamides is 1. The molecule has 0 bridgehead atoms. The number of ether oxygens (including phenoxy) is 1. The first-order valence-electron chi connectivity index (χ1n) is 6.01. The van der Waals surface area contributed by atoms with E-state index in [1.807, 2.05) is 7.05 Å². The van der Waals surface area contributed by atoms with Crippen LogP contribution in [0.15, 0.2) is 0 Å². The van der Waals surface area contributed by atoms with E-state index < -0.39 is 10.0 Å². The molecule has 1 atom stereocenters. The van der Waals surface area contributed by atoms with E-state index >= 15 is 0 Å². The van der Waals surface area contributed by atoms with Crippen LogP contribution in [-0.2, 0) is 14.8 Å². The highest BCUT2D eigenvalue weighted by Crippen LogP contribution is 2.02. The average Bonchev–Trinajstić information content (AvgIpc) is 2.27. The number of morpholine rings is 1. The van der Waals surface area contributed by atoms with Gasteiger partial charge in [-0.05, 0) is 26.4 Å². The van der Waals surface area contributed by atoms with Crippen LogP contribution in [0.3, 0.4) is 0 Å². The number of hydrogen-bond acceptors (Lipinski definition) is 5. The first kappa shape index (κ1) is 14.8. The summed E-state index contributed by atoms with van der Waals surface area (Å²) in [5, 5.41) is 0. The Hall–Kier alpha value is -0.210. The number of rotatable bonds is 7. The molecule has 6 nitrogen and oxygen atoms in total. The summed E-state index contributed by atoms with van der Waals surface area (Å²) in [4.78, 5) is 2.14. The summed E-state index contributed by atoms with van der Waals surface area (Å²) in [5.74, 6) is 0.146. The van der Waals surface area contributed by atoms with Gasteiger partial charge in [-0.2, -0.15) is 0 Å². The number of hydrogen-bond donors (Lipinski definition) is 2. The van der Waals surface area contributed by atoms with Crippen LogP contribution < -0.4 is 10.5 Å². The lowest BCUT2D eigenvalue weighted by molar-refractivity contribution is -0.0156. The smallest absolute Gasteiger partial charge is 0.211 e. The Kier molecular flexibility index (Phi) is 6.35. The largest absolute Gasteiger partial charge is 0.374 e. The monoisotopic (exact) mass is 265 g/mol. The highest BCUT2D eigenvalue weighted by molar-refractivity contribution is 7.89. The maximum absolute atomic E-state index is 11.6. The maximum Gasteiger partial charge on any atom is 0.211 e. The van der Waals surface area contributed by atoms with Crippen molar-refractivity contribution < 1.29 is 13.2 Å². The van der Waals surface area contributed by atoms with Gasteiger partial charge in [-0.3, -0.25) is 0 Å². The van der Waals surface area contributed by atoms with Crippen LogP contribution in [0.2, 0.25) is 0 Å². The minimum absolute atomic E-state index is 0.0435. The lowest BCUT2D eigenvalue weighted by Gasteiger charge is -2.30. The fraction of sp³-hybridized carbons (Fsp3) is 1.00. The Balaban J connectivity index is 2.23. The van der Waals surface area contributed by atoms with Gasteiger partial charge >= 0.3 is 0 Å². The summed E-state index contributed by atoms with van der Waals surface area (Å²) in [6.07, 6.45) is 1.30. The van der Waals surface area contributed by atoms with Crippen molar-refractivity contribution in [2.45, 2.75) is 18.9 Å². The summed E-state index contributed by atoms with van der Waals surface area (Å²) in [7, 11) is -1.17. The van der Waals surface area contributed by atoms with Crippen LogP contribution in [0, 0.1) is 0 Å². The molecule has 1 rings (SSSR count). The van der Waals surface area contributed by atoms with E-state index in [9.17, 15) is 8.42 Å². The van der Waals surface area contributed by atoms with E-state index in [1.54, 1.807) is 0 Å². The van der Waals surface area contributed by atoms with Crippen LogP contribution >= 0.6 is 0 Å². The predicted molar refractivity (Wildman–Crippen MR) is 67.3 cm³/mol. The molecule has 1 saturated heterocycles. The molecule has 0 aromatic heterocycles. The Morgan fingerprint density at radius 2 is 2.24 bits per heavy atom. The minimum Gasteiger partial charge on any atom is -0.374 e. The molecule has 1 unspecified atom stereocenters. The van der Waals surface area contributed by atoms with Crippen LogP contribution in [0.4, 0.5) is 0 Å². The van der Waals surface area contributed by atoms with Gasteiger partial charge in [-0.15, -0.1) is 0 Å². The van der Waals surface area contributed by atoms with E-state index in [-0.39, 0.29) is 11.9 Å². The second kappa shape index (κ2) is 7.27. The molecule has 1 fully saturated rings. The van der Waals surface area contributed by atoms with E-state index in [4.69, 9.17) is 10.5 Å². The van der Waals surface area contributed by atoms with Crippen molar-refractivity contribution in [2.24, 2.45) is 5.73 Å². The number of nitrogens with one attached hydrogen (secondary N) is 1. The number of likely N-dealkylation sites (N-methyl/N-ethyl adjacent to an activating group) is 1. The molecule has 0 amide bonds. The fourth-order valence-electron chi connectivity index (χ4n) is 1.72. The van der Waals surface area contributed by atoms with Crippen molar-refractivity contribution >= 4 is 10.0 Å². The first-order valence-corrected chi connectivity index (χ1v) is 7.66. The van der Waals surface area contributed by atoms with Crippen LogP contribution in [0.25, 0.3) is 0 Å². The van der Waals surface area contributed by atoms with Gasteiger partial charge < -0.3 is 15.4 Å². The molecular formula is C10H23N3O3S. The van der Waals surface area contributed by atoms with Crippen molar-refractivity contribution in [2.75, 3.05) is 45.6 Å². The summed E-state index contributed by atoms with van der Waals surface area (Å²) in [5.41, 5.74) is 5.32. The molecule has 17 heavy (non-hydrogen) atoms. The Morgan fingerprint density at radius 3 is 2.88 bits per heavy atom. The summed E-state index contributed by atoms with van der Waals surface area (Å²) in [6, 6.07) is 0. The molecule has 0 aliphatic carbocycles. The van der Waals surface area contributed by atoms with Gasteiger partial charge in [-0.25, -0.2) is 13.1 Å². The molecule has 7 heteroatoms. The van der Waals surface area contributed by atoms with E-state index in [1.165, 1.54) is 0 Å². The zero-order chi connectivity index (χ0) is 12.7. The van der Waals surface area contributed by atoms with Gasteiger partial charge in [0, 0.05) is 19.6 Å². The normalized spacial score (nSPS) is 22.8. The molecule has 0 aromatic carbocycles. The van der Waals surface area contributed by atoms with Gasteiger partial charge in [-0.1, -0.05) is 0 Å². The zero-order valence-electron chi connectivity index (χ0n) is 10.4. The maximum atomic E-state index is 11.6. The van der Waals surface area contributed by atoms with Crippen molar-refractivity contribution in [1.82, 2.24) is 9.62 Å². The summed E-state index contributed by atoms with van der Waals surface area (Å²) < 4.78 is 31.3. The van der Waals surface area contributed by atoms with E-state index in [0.29, 0.717) is 26.1 Å². The lowest BCUT2D eigenvalue weighted by atomic mass is 10.3. The third-order valence-electron chi connectivity index (χ3n) is 2.74. The zero-order valence-corrected chi connectivity index (χ0v) is 11.2. The molecule has 0 aromatic rings. The van der Waals surface area contributed by atoms with Crippen molar-refractivity contribution in [1.29, 1.82) is 0 Å². The number of unbranched alkanes of at least 4 members (excludes halogenated alkanes) is 1. The predicted octanol–water partition coefficient (Wildman–Crippen LogP) is -1.02. The first-order chi connectivity index (χ1) is 8.03. The average molecular weight is 265 g/mol. The van der Waals surface area contributed by atoms with Crippen LogP contribution in [0.5, 0.6) is 0 Å². The Bertz CT molecular complexity index is 308. The summed E-state index contributed by atoms with van der Waals surface area (Å²) >= 11 is 0. The Morgan fingerprint density at radius 1 is 1.47 bits per heavy atom. The summed E-state index contributed by atoms with van der Waals surface area (Å²) in [6.45, 7) is 3.22. The number of nitrogens with two attached hydrogens (primary N) is 1. The molecule has 1 aliphatic heterocycles. The highest BCUT2D eigenvalue weighted by Gasteiger charge is 2.19. The van der Waals surface area contributed by atoms with Crippen molar-refractivity contribution in [3.8, 4) is 0 Å². The molecule has 1 heterocycles. The molecule has 102 valence electrons. The highest BCUT2D eigenvalue weighted by atomic mass is 32.2. The van der Waals surface area contributed by atoms with Gasteiger partial charge in [0.1, 0.15) is 0 Å². The van der Waals surface area contributed by atoms with Crippen LogP contribution in [0.1, 0.15) is 12.8 Å². The van der Waals surface area contributed by atoms with Gasteiger partial charge in [0.2, 0.25) is 10.0 Å². The molecule has 0 radical (unpaired) electrons. The topological polar surface area (TPSA) is 84.7 Å². The second-order valence-corrected chi connectivity index (χ2v) is 6.34. The van der Waals surface area contributed by atoms with E-state index in [0.717, 1.165) is 19.5 Å². The van der Waals surface area contributed by atoms with Gasteiger partial charge in [0.05, 0.1) is 18.5 Å². The Labute approximate surface area is 104 Å². The molecular weight excluding hydrogens is 242 g/mol. The molecule has 0 spiro atoms. The van der Waals surface area contributed by atoms with Gasteiger partial charge in [0.25, 0.3) is 0 Å². The lowest BCUT2D eigenvalue weighted by Crippen LogP contribution is -2.46. The standard InChI is InChI=1S/C10H23N3O3S/c1-13-5-6-16-10(9-13)8-12-17(14,15)7-3-2-4-11/h10,12H,2-9,11H2,1H3. The van der Waals surface area contributed by atoms with E-state index in [2.05, 4.69) is 9.62 Å². The third kappa shape index (κ3) is 6.32. The minimum atomic E-state index is -3.17. The third-order valence-corrected chi connectivity index (χ3v) is 4.17. The fourth-order valence-corrected chi connectivity index (χ4v) is 2.89. The molecule has 3 N–H and O–H groups in total. The SMILES string of the molecule is CN1CCOC(CNS(=O)(=O)CCCCN)C1. The van der Waals surface area contributed by atoms with Crippen LogP contribution in [-0.4, -0.2) is 65.0 Å². The van der Waals surface area contributed by atoms with Gasteiger partial charge in [0.15, 0.2) is 0 Å². The number of nitrogens with zero attached hydrogens (tertiary/aromatic N) is 1. The van der Waals surface area contributed by atoms with Crippen molar-refractivity contribution in [3.05, 3.63) is 0 Å². The molecule has 0 saturated carbocycles. The molecule has 1 aliphatic rings. The second-order valence-electron chi connectivity index (χ2n) is 4.42. The quantitative estimate of drug-likeness (QED) is 0.575. The van der Waals surface area contributed by atoms with Crippen molar-refractivity contribution in [3.63, 3.8) is 0 Å².